The normalized spacial score (nSPS) is 20.6. The van der Waals surface area contributed by atoms with E-state index in [-0.39, 0.29) is 24.0 Å². The van der Waals surface area contributed by atoms with Crippen LogP contribution in [0.4, 0.5) is 14.9 Å². The van der Waals surface area contributed by atoms with Gasteiger partial charge in [0.05, 0.1) is 6.20 Å². The predicted octanol–water partition coefficient (Wildman–Crippen LogP) is 4.70. The molecule has 1 saturated heterocycles. The van der Waals surface area contributed by atoms with Crippen molar-refractivity contribution in [3.8, 4) is 5.88 Å². The molecule has 0 unspecified atom stereocenters. The van der Waals surface area contributed by atoms with Crippen molar-refractivity contribution in [1.82, 2.24) is 14.8 Å². The maximum absolute atomic E-state index is 13.6. The minimum absolute atomic E-state index is 0.0200. The third-order valence-corrected chi connectivity index (χ3v) is 7.41. The second kappa shape index (κ2) is 11.9. The molecule has 2 aliphatic rings. The summed E-state index contributed by atoms with van der Waals surface area (Å²) in [6.45, 7) is 9.40. The molecule has 1 aliphatic carbocycles. The molecule has 0 spiro atoms. The number of amides is 2. The van der Waals surface area contributed by atoms with Crippen molar-refractivity contribution in [2.45, 2.75) is 65.1 Å². The van der Waals surface area contributed by atoms with E-state index < -0.39 is 11.9 Å². The van der Waals surface area contributed by atoms with Crippen LogP contribution in [-0.2, 0) is 11.3 Å². The van der Waals surface area contributed by atoms with Crippen LogP contribution >= 0.6 is 0 Å². The van der Waals surface area contributed by atoms with Gasteiger partial charge in [0.2, 0.25) is 11.8 Å². The van der Waals surface area contributed by atoms with Crippen LogP contribution in [0.5, 0.6) is 5.88 Å². The van der Waals surface area contributed by atoms with E-state index >= 15 is 0 Å². The Morgan fingerprint density at radius 3 is 2.38 bits per heavy atom. The van der Waals surface area contributed by atoms with Gasteiger partial charge in [0.1, 0.15) is 11.9 Å². The van der Waals surface area contributed by atoms with Crippen molar-refractivity contribution in [3.05, 3.63) is 53.5 Å². The van der Waals surface area contributed by atoms with Crippen LogP contribution in [-0.4, -0.2) is 70.2 Å². The van der Waals surface area contributed by atoms with Gasteiger partial charge in [-0.2, -0.15) is 0 Å². The molecule has 1 aliphatic heterocycles. The molecule has 0 bridgehead atoms. The zero-order valence-corrected chi connectivity index (χ0v) is 21.9. The molecule has 1 aromatic heterocycles. The number of ether oxygens (including phenoxy) is 1. The molecule has 0 atom stereocenters. The molecule has 200 valence electrons. The number of pyridine rings is 1. The highest BCUT2D eigenvalue weighted by molar-refractivity contribution is 5.95. The van der Waals surface area contributed by atoms with E-state index in [1.165, 1.54) is 22.6 Å². The Morgan fingerprint density at radius 2 is 1.81 bits per heavy atom. The average molecular weight is 513 g/mol. The van der Waals surface area contributed by atoms with E-state index in [1.54, 1.807) is 0 Å². The summed E-state index contributed by atoms with van der Waals surface area (Å²) in [6.07, 6.45) is 3.28. The fraction of sp³-hybridized carbons (Fsp3) is 0.536. The fourth-order valence-corrected chi connectivity index (χ4v) is 5.25. The third-order valence-electron chi connectivity index (χ3n) is 7.41. The Hall–Kier alpha value is -3.20. The van der Waals surface area contributed by atoms with Crippen molar-refractivity contribution in [3.63, 3.8) is 0 Å². The average Bonchev–Trinajstić information content (AvgIpc) is 2.87. The van der Waals surface area contributed by atoms with E-state index in [0.29, 0.717) is 32.1 Å². The highest BCUT2D eigenvalue weighted by Crippen LogP contribution is 2.32. The number of hydrogen-bond donors (Lipinski definition) is 1. The van der Waals surface area contributed by atoms with Crippen molar-refractivity contribution in [2.24, 2.45) is 5.92 Å². The SMILES string of the molecule is Cc1cc(N(C(=O)C2CCC(Oc3ccc(F)cn3)CC2)C(C)C)ccc1CN1CCN(C(=O)O)CC1. The lowest BCUT2D eigenvalue weighted by atomic mass is 9.86. The van der Waals surface area contributed by atoms with Crippen LogP contribution in [0.15, 0.2) is 36.5 Å². The number of nitrogens with zero attached hydrogens (tertiary/aromatic N) is 4. The molecule has 1 aromatic carbocycles. The molecule has 2 aromatic rings. The second-order valence-electron chi connectivity index (χ2n) is 10.4. The molecule has 1 saturated carbocycles. The number of carbonyl (C=O) groups is 2. The molecule has 8 nitrogen and oxygen atoms in total. The van der Waals surface area contributed by atoms with E-state index in [2.05, 4.69) is 28.9 Å². The van der Waals surface area contributed by atoms with Gasteiger partial charge in [-0.15, -0.1) is 0 Å². The monoisotopic (exact) mass is 512 g/mol. The summed E-state index contributed by atoms with van der Waals surface area (Å²) < 4.78 is 19.0. The summed E-state index contributed by atoms with van der Waals surface area (Å²) in [5, 5.41) is 9.16. The lowest BCUT2D eigenvalue weighted by Gasteiger charge is -2.35. The maximum Gasteiger partial charge on any atom is 0.407 e. The highest BCUT2D eigenvalue weighted by Gasteiger charge is 2.32. The van der Waals surface area contributed by atoms with Gasteiger partial charge in [-0.3, -0.25) is 9.69 Å². The first-order valence-electron chi connectivity index (χ1n) is 13.1. The fourth-order valence-electron chi connectivity index (χ4n) is 5.25. The molecule has 9 heteroatoms. The van der Waals surface area contributed by atoms with Crippen LogP contribution in [0.1, 0.15) is 50.7 Å². The summed E-state index contributed by atoms with van der Waals surface area (Å²) in [5.74, 6) is 0.107. The number of anilines is 1. The van der Waals surface area contributed by atoms with Crippen LogP contribution in [0.25, 0.3) is 0 Å². The lowest BCUT2D eigenvalue weighted by Crippen LogP contribution is -2.47. The zero-order valence-electron chi connectivity index (χ0n) is 21.9. The number of piperazine rings is 1. The number of carbonyl (C=O) groups excluding carboxylic acids is 1. The van der Waals surface area contributed by atoms with Crippen LogP contribution < -0.4 is 9.64 Å². The van der Waals surface area contributed by atoms with Gasteiger partial charge >= 0.3 is 6.09 Å². The minimum Gasteiger partial charge on any atom is -0.474 e. The van der Waals surface area contributed by atoms with Crippen molar-refractivity contribution >= 4 is 17.7 Å². The molecule has 0 radical (unpaired) electrons. The molecule has 4 rings (SSSR count). The first kappa shape index (κ1) is 26.9. The number of aryl methyl sites for hydroxylation is 1. The number of hydrogen-bond acceptors (Lipinski definition) is 5. The largest absolute Gasteiger partial charge is 0.474 e. The Kier molecular flexibility index (Phi) is 8.63. The summed E-state index contributed by atoms with van der Waals surface area (Å²) in [5.41, 5.74) is 3.22. The van der Waals surface area contributed by atoms with Gasteiger partial charge in [-0.25, -0.2) is 14.2 Å². The van der Waals surface area contributed by atoms with Gasteiger partial charge in [-0.05, 0) is 75.8 Å². The number of aromatic nitrogens is 1. The van der Waals surface area contributed by atoms with Gasteiger partial charge in [0.15, 0.2) is 0 Å². The molecular formula is C28H37FN4O4. The van der Waals surface area contributed by atoms with Gasteiger partial charge in [0.25, 0.3) is 0 Å². The summed E-state index contributed by atoms with van der Waals surface area (Å²) in [7, 11) is 0. The number of halogens is 1. The summed E-state index contributed by atoms with van der Waals surface area (Å²) in [4.78, 5) is 34.4. The zero-order chi connectivity index (χ0) is 26.5. The number of benzene rings is 1. The third kappa shape index (κ3) is 6.77. The predicted molar refractivity (Wildman–Crippen MR) is 139 cm³/mol. The minimum atomic E-state index is -0.857. The standard InChI is InChI=1S/C28H37FN4O4/c1-19(2)33(27(34)21-5-9-25(10-6-21)37-26-11-7-23(29)17-30-26)24-8-4-22(20(3)16-24)18-31-12-14-32(15-13-31)28(35)36/h4,7-8,11,16-17,19,21,25H,5-6,9-10,12-15,18H2,1-3H3,(H,35,36). The van der Waals surface area contributed by atoms with Crippen LogP contribution in [0.3, 0.4) is 0 Å². The van der Waals surface area contributed by atoms with Gasteiger partial charge < -0.3 is 19.6 Å². The van der Waals surface area contributed by atoms with Crippen molar-refractivity contribution < 1.29 is 23.8 Å². The van der Waals surface area contributed by atoms with Crippen LogP contribution in [0, 0.1) is 18.7 Å². The number of carboxylic acid groups (broad SMARTS) is 1. The van der Waals surface area contributed by atoms with E-state index in [4.69, 9.17) is 9.84 Å². The molecule has 2 fully saturated rings. The molecule has 37 heavy (non-hydrogen) atoms. The summed E-state index contributed by atoms with van der Waals surface area (Å²) in [6, 6.07) is 9.12. The smallest absolute Gasteiger partial charge is 0.407 e. The number of rotatable bonds is 7. The molecule has 2 amide bonds. The van der Waals surface area contributed by atoms with Crippen LogP contribution in [0.2, 0.25) is 0 Å². The highest BCUT2D eigenvalue weighted by atomic mass is 19.1. The van der Waals surface area contributed by atoms with E-state index in [0.717, 1.165) is 49.7 Å². The first-order valence-corrected chi connectivity index (χ1v) is 13.1. The quantitative estimate of drug-likeness (QED) is 0.579. The Morgan fingerprint density at radius 1 is 1.11 bits per heavy atom. The van der Waals surface area contributed by atoms with Crippen molar-refractivity contribution in [1.29, 1.82) is 0 Å². The second-order valence-corrected chi connectivity index (χ2v) is 10.4. The van der Waals surface area contributed by atoms with Gasteiger partial charge in [0, 0.05) is 56.4 Å². The lowest BCUT2D eigenvalue weighted by molar-refractivity contribution is -0.124. The Bertz CT molecular complexity index is 1080. The molecule has 1 N–H and O–H groups in total. The van der Waals surface area contributed by atoms with Crippen molar-refractivity contribution in [2.75, 3.05) is 31.1 Å². The van der Waals surface area contributed by atoms with E-state index in [9.17, 15) is 14.0 Å². The molecular weight excluding hydrogens is 475 g/mol. The maximum atomic E-state index is 13.6. The van der Waals surface area contributed by atoms with E-state index in [1.807, 2.05) is 24.8 Å². The topological polar surface area (TPSA) is 86.2 Å². The summed E-state index contributed by atoms with van der Waals surface area (Å²) >= 11 is 0. The first-order chi connectivity index (χ1) is 17.7. The Labute approximate surface area is 218 Å². The van der Waals surface area contributed by atoms with Gasteiger partial charge in [-0.1, -0.05) is 6.07 Å². The molecule has 2 heterocycles. The Balaban J connectivity index is 1.35.